The third kappa shape index (κ3) is 7.45. The number of hydrogen-bond acceptors (Lipinski definition) is 9. The molecule has 0 radical (unpaired) electrons. The standard InChI is InChI=1S/C31H34N4O6/c1-22-27(30(36)40-3)29(25-12-7-13-26(21-25)35(38)39)28(23(2)32-22)31(37)41-20-19-34-17-15-33(16-18-34)14-8-11-24-9-5-4-6-10-24/h4-7,9-10,12-13,21,27,29H,14-20H2,1-3H3. The molecule has 0 spiro atoms. The average Bonchev–Trinajstić information content (AvgIpc) is 2.97. The number of aliphatic imine (C=N–C) groups is 1. The Balaban J connectivity index is 1.38. The van der Waals surface area contributed by atoms with Crippen molar-refractivity contribution in [1.29, 1.82) is 0 Å². The van der Waals surface area contributed by atoms with Crippen molar-refractivity contribution in [3.05, 3.63) is 87.1 Å². The Labute approximate surface area is 239 Å². The number of rotatable bonds is 8. The normalized spacial score (nSPS) is 19.5. The zero-order valence-corrected chi connectivity index (χ0v) is 23.5. The first-order chi connectivity index (χ1) is 19.8. The van der Waals surface area contributed by atoms with Crippen LogP contribution < -0.4 is 0 Å². The van der Waals surface area contributed by atoms with E-state index in [2.05, 4.69) is 26.6 Å². The number of nitrogens with zero attached hydrogens (tertiary/aromatic N) is 4. The van der Waals surface area contributed by atoms with Crippen molar-refractivity contribution in [1.82, 2.24) is 9.80 Å². The molecule has 2 aliphatic rings. The van der Waals surface area contributed by atoms with Crippen LogP contribution in [0.1, 0.15) is 30.9 Å². The summed E-state index contributed by atoms with van der Waals surface area (Å²) in [6.45, 7) is 8.18. The van der Waals surface area contributed by atoms with E-state index in [0.717, 1.165) is 31.7 Å². The Hall–Kier alpha value is -4.33. The highest BCUT2D eigenvalue weighted by atomic mass is 16.6. The van der Waals surface area contributed by atoms with Crippen LogP contribution in [0.15, 0.2) is 70.9 Å². The summed E-state index contributed by atoms with van der Waals surface area (Å²) in [6.07, 6.45) is 0. The van der Waals surface area contributed by atoms with Gasteiger partial charge >= 0.3 is 11.9 Å². The third-order valence-corrected chi connectivity index (χ3v) is 7.36. The molecule has 0 aromatic heterocycles. The second-order valence-electron chi connectivity index (χ2n) is 10.0. The summed E-state index contributed by atoms with van der Waals surface area (Å²) in [5.41, 5.74) is 2.39. The van der Waals surface area contributed by atoms with E-state index < -0.39 is 28.7 Å². The molecule has 2 aromatic carbocycles. The summed E-state index contributed by atoms with van der Waals surface area (Å²) >= 11 is 0. The van der Waals surface area contributed by atoms with Crippen LogP contribution in [0.25, 0.3) is 0 Å². The maximum absolute atomic E-state index is 13.4. The van der Waals surface area contributed by atoms with Crippen LogP contribution in [-0.4, -0.2) is 85.4 Å². The van der Waals surface area contributed by atoms with Gasteiger partial charge in [-0.25, -0.2) is 4.79 Å². The van der Waals surface area contributed by atoms with Crippen molar-refractivity contribution < 1.29 is 24.0 Å². The van der Waals surface area contributed by atoms with Crippen molar-refractivity contribution >= 4 is 23.3 Å². The fourth-order valence-corrected chi connectivity index (χ4v) is 5.22. The van der Waals surface area contributed by atoms with Crippen molar-refractivity contribution in [2.75, 3.05) is 53.0 Å². The number of non-ortho nitro benzene ring substituents is 1. The molecule has 214 valence electrons. The van der Waals surface area contributed by atoms with Gasteiger partial charge in [0.25, 0.3) is 5.69 Å². The van der Waals surface area contributed by atoms with Crippen molar-refractivity contribution in [3.8, 4) is 11.8 Å². The van der Waals surface area contributed by atoms with Crippen LogP contribution in [-0.2, 0) is 19.1 Å². The molecular formula is C31H34N4O6. The van der Waals surface area contributed by atoms with Gasteiger partial charge < -0.3 is 9.47 Å². The second-order valence-corrected chi connectivity index (χ2v) is 10.0. The lowest BCUT2D eigenvalue weighted by Crippen LogP contribution is -2.47. The molecule has 41 heavy (non-hydrogen) atoms. The van der Waals surface area contributed by atoms with Crippen LogP contribution in [0.4, 0.5) is 5.69 Å². The summed E-state index contributed by atoms with van der Waals surface area (Å²) in [4.78, 5) is 46.2. The molecular weight excluding hydrogens is 524 g/mol. The minimum absolute atomic E-state index is 0.137. The monoisotopic (exact) mass is 558 g/mol. The van der Waals surface area contributed by atoms with Crippen LogP contribution >= 0.6 is 0 Å². The zero-order valence-electron chi connectivity index (χ0n) is 23.5. The molecule has 2 unspecified atom stereocenters. The van der Waals surface area contributed by atoms with Crippen molar-refractivity contribution in [2.45, 2.75) is 19.8 Å². The molecule has 4 rings (SSSR count). The first kappa shape index (κ1) is 29.6. The van der Waals surface area contributed by atoms with Crippen LogP contribution in [0.2, 0.25) is 0 Å². The number of piperazine rings is 1. The molecule has 2 heterocycles. The highest BCUT2D eigenvalue weighted by Crippen LogP contribution is 2.40. The maximum atomic E-state index is 13.4. The van der Waals surface area contributed by atoms with Gasteiger partial charge in [-0.2, -0.15) is 0 Å². The molecule has 10 nitrogen and oxygen atoms in total. The molecule has 2 atom stereocenters. The van der Waals surface area contributed by atoms with E-state index in [9.17, 15) is 19.7 Å². The fourth-order valence-electron chi connectivity index (χ4n) is 5.22. The topological polar surface area (TPSA) is 115 Å². The van der Waals surface area contributed by atoms with Gasteiger partial charge in [-0.15, -0.1) is 0 Å². The zero-order chi connectivity index (χ0) is 29.4. The molecule has 0 bridgehead atoms. The Morgan fingerprint density at radius 3 is 2.44 bits per heavy atom. The number of carbonyl (C=O) groups excluding carboxylic acids is 2. The van der Waals surface area contributed by atoms with Gasteiger partial charge in [0.1, 0.15) is 12.5 Å². The third-order valence-electron chi connectivity index (χ3n) is 7.36. The minimum Gasteiger partial charge on any atom is -0.468 e. The first-order valence-electron chi connectivity index (χ1n) is 13.5. The SMILES string of the molecule is COC(=O)C1C(C)=NC(C)=C(C(=O)OCCN2CCN(CC#Cc3ccccc3)CC2)C1c1cccc([N+](=O)[O-])c1. The molecule has 0 N–H and O–H groups in total. The van der Waals surface area contributed by atoms with Gasteiger partial charge in [-0.3, -0.25) is 29.7 Å². The number of methoxy groups -OCH3 is 1. The van der Waals surface area contributed by atoms with Crippen molar-refractivity contribution in [2.24, 2.45) is 10.9 Å². The Kier molecular flexibility index (Phi) is 10.0. The Morgan fingerprint density at radius 2 is 1.76 bits per heavy atom. The van der Waals surface area contributed by atoms with Gasteiger partial charge in [0.15, 0.2) is 0 Å². The number of esters is 2. The molecule has 10 heteroatoms. The number of allylic oxidation sites excluding steroid dienone is 1. The number of ether oxygens (including phenoxy) is 2. The largest absolute Gasteiger partial charge is 0.468 e. The van der Waals surface area contributed by atoms with Crippen LogP contribution in [0, 0.1) is 27.9 Å². The lowest BCUT2D eigenvalue weighted by Gasteiger charge is -2.34. The van der Waals surface area contributed by atoms with Crippen molar-refractivity contribution in [3.63, 3.8) is 0 Å². The summed E-state index contributed by atoms with van der Waals surface area (Å²) in [5, 5.41) is 11.4. The van der Waals surface area contributed by atoms with E-state index in [4.69, 9.17) is 9.47 Å². The van der Waals surface area contributed by atoms with Gasteiger partial charge in [0.2, 0.25) is 0 Å². The molecule has 0 saturated carbocycles. The summed E-state index contributed by atoms with van der Waals surface area (Å²) in [6, 6.07) is 15.8. The fraction of sp³-hybridized carbons (Fsp3) is 0.387. The minimum atomic E-state index is -0.911. The number of benzene rings is 2. The van der Waals surface area contributed by atoms with E-state index in [-0.39, 0.29) is 17.9 Å². The van der Waals surface area contributed by atoms with E-state index in [0.29, 0.717) is 30.1 Å². The number of hydrogen-bond donors (Lipinski definition) is 0. The van der Waals surface area contributed by atoms with E-state index in [1.54, 1.807) is 19.9 Å². The molecule has 1 fully saturated rings. The lowest BCUT2D eigenvalue weighted by atomic mass is 9.75. The smallest absolute Gasteiger partial charge is 0.336 e. The molecule has 2 aromatic rings. The van der Waals surface area contributed by atoms with E-state index >= 15 is 0 Å². The van der Waals surface area contributed by atoms with Gasteiger partial charge in [-0.1, -0.05) is 42.2 Å². The maximum Gasteiger partial charge on any atom is 0.336 e. The number of nitro groups is 1. The summed E-state index contributed by atoms with van der Waals surface area (Å²) in [5.74, 6) is 3.51. The van der Waals surface area contributed by atoms with Gasteiger partial charge in [0.05, 0.1) is 24.2 Å². The highest BCUT2D eigenvalue weighted by Gasteiger charge is 2.42. The number of nitro benzene ring substituents is 1. The first-order valence-corrected chi connectivity index (χ1v) is 13.5. The predicted octanol–water partition coefficient (Wildman–Crippen LogP) is 3.43. The Bertz CT molecular complexity index is 1400. The summed E-state index contributed by atoms with van der Waals surface area (Å²) in [7, 11) is 1.26. The molecule has 1 saturated heterocycles. The molecule has 2 aliphatic heterocycles. The highest BCUT2D eigenvalue weighted by molar-refractivity contribution is 6.07. The van der Waals surface area contributed by atoms with Gasteiger partial charge in [-0.05, 0) is 31.5 Å². The number of carbonyl (C=O) groups is 2. The predicted molar refractivity (Wildman–Crippen MR) is 154 cm³/mol. The lowest BCUT2D eigenvalue weighted by molar-refractivity contribution is -0.384. The quantitative estimate of drug-likeness (QED) is 0.210. The Morgan fingerprint density at radius 1 is 1.05 bits per heavy atom. The van der Waals surface area contributed by atoms with Gasteiger partial charge in [0, 0.05) is 67.7 Å². The van der Waals surface area contributed by atoms with Crippen LogP contribution in [0.5, 0.6) is 0 Å². The van der Waals surface area contributed by atoms with E-state index in [1.165, 1.54) is 25.3 Å². The summed E-state index contributed by atoms with van der Waals surface area (Å²) < 4.78 is 10.7. The molecule has 0 amide bonds. The average molecular weight is 559 g/mol. The second kappa shape index (κ2) is 13.8. The van der Waals surface area contributed by atoms with E-state index in [1.807, 2.05) is 30.3 Å². The van der Waals surface area contributed by atoms with Crippen LogP contribution in [0.3, 0.4) is 0 Å². The molecule has 0 aliphatic carbocycles.